The third-order valence-electron chi connectivity index (χ3n) is 2.60. The SMILES string of the molecule is Nc1ccnc(NCC2CC=CCC2)n1. The van der Waals surface area contributed by atoms with Gasteiger partial charge in [-0.2, -0.15) is 4.98 Å². The smallest absolute Gasteiger partial charge is 0.224 e. The average molecular weight is 204 g/mol. The third-order valence-corrected chi connectivity index (χ3v) is 2.60. The molecule has 1 aromatic heterocycles. The monoisotopic (exact) mass is 204 g/mol. The summed E-state index contributed by atoms with van der Waals surface area (Å²) in [7, 11) is 0. The molecule has 4 heteroatoms. The molecule has 1 aliphatic rings. The fourth-order valence-corrected chi connectivity index (χ4v) is 1.74. The molecule has 1 heterocycles. The Bertz CT molecular complexity index is 348. The predicted molar refractivity (Wildman–Crippen MR) is 61.4 cm³/mol. The van der Waals surface area contributed by atoms with E-state index in [1.807, 2.05) is 0 Å². The molecule has 0 spiro atoms. The summed E-state index contributed by atoms with van der Waals surface area (Å²) in [6.45, 7) is 0.924. The maximum absolute atomic E-state index is 5.57. The van der Waals surface area contributed by atoms with E-state index in [2.05, 4.69) is 27.4 Å². The van der Waals surface area contributed by atoms with Crippen LogP contribution in [0.15, 0.2) is 24.4 Å². The number of nitrogens with one attached hydrogen (secondary N) is 1. The first-order valence-electron chi connectivity index (χ1n) is 5.32. The minimum atomic E-state index is 0.510. The Hall–Kier alpha value is -1.58. The van der Waals surface area contributed by atoms with Crippen molar-refractivity contribution in [2.75, 3.05) is 17.6 Å². The lowest BCUT2D eigenvalue weighted by Crippen LogP contribution is -2.16. The molecular formula is C11H16N4. The van der Waals surface area contributed by atoms with Gasteiger partial charge in [-0.05, 0) is 31.2 Å². The van der Waals surface area contributed by atoms with E-state index in [0.29, 0.717) is 17.7 Å². The molecule has 1 aliphatic carbocycles. The van der Waals surface area contributed by atoms with Crippen molar-refractivity contribution in [3.8, 4) is 0 Å². The number of hydrogen-bond acceptors (Lipinski definition) is 4. The summed E-state index contributed by atoms with van der Waals surface area (Å²) in [5, 5.41) is 3.22. The highest BCUT2D eigenvalue weighted by Crippen LogP contribution is 2.18. The zero-order chi connectivity index (χ0) is 10.5. The minimum Gasteiger partial charge on any atom is -0.384 e. The Morgan fingerprint density at radius 2 is 2.40 bits per heavy atom. The van der Waals surface area contributed by atoms with Crippen LogP contribution in [0, 0.1) is 5.92 Å². The summed E-state index contributed by atoms with van der Waals surface area (Å²) in [6.07, 6.45) is 9.74. The van der Waals surface area contributed by atoms with E-state index in [0.717, 1.165) is 13.0 Å². The lowest BCUT2D eigenvalue weighted by Gasteiger charge is -2.17. The first-order chi connectivity index (χ1) is 7.34. The van der Waals surface area contributed by atoms with Crippen LogP contribution in [0.25, 0.3) is 0 Å². The summed E-state index contributed by atoms with van der Waals surface area (Å²) in [4.78, 5) is 8.20. The lowest BCUT2D eigenvalue weighted by molar-refractivity contribution is 0.503. The summed E-state index contributed by atoms with van der Waals surface area (Å²) in [6, 6.07) is 1.69. The molecule has 0 amide bonds. The van der Waals surface area contributed by atoms with Gasteiger partial charge in [0.2, 0.25) is 5.95 Å². The van der Waals surface area contributed by atoms with Gasteiger partial charge >= 0.3 is 0 Å². The maximum atomic E-state index is 5.57. The molecule has 0 radical (unpaired) electrons. The van der Waals surface area contributed by atoms with Crippen LogP contribution in [0.5, 0.6) is 0 Å². The molecule has 1 atom stereocenters. The zero-order valence-corrected chi connectivity index (χ0v) is 8.69. The Balaban J connectivity index is 1.84. The van der Waals surface area contributed by atoms with Gasteiger partial charge in [-0.15, -0.1) is 0 Å². The van der Waals surface area contributed by atoms with Gasteiger partial charge in [-0.25, -0.2) is 4.98 Å². The quantitative estimate of drug-likeness (QED) is 0.737. The van der Waals surface area contributed by atoms with Gasteiger partial charge in [0.05, 0.1) is 0 Å². The molecule has 0 saturated carbocycles. The second-order valence-electron chi connectivity index (χ2n) is 3.84. The van der Waals surface area contributed by atoms with E-state index in [1.165, 1.54) is 12.8 Å². The van der Waals surface area contributed by atoms with Gasteiger partial charge in [0.15, 0.2) is 0 Å². The number of nitrogens with two attached hydrogens (primary N) is 1. The largest absolute Gasteiger partial charge is 0.384 e. The van der Waals surface area contributed by atoms with E-state index in [-0.39, 0.29) is 0 Å². The van der Waals surface area contributed by atoms with Crippen molar-refractivity contribution in [1.82, 2.24) is 9.97 Å². The number of rotatable bonds is 3. The van der Waals surface area contributed by atoms with E-state index in [1.54, 1.807) is 12.3 Å². The lowest BCUT2D eigenvalue weighted by atomic mass is 9.94. The van der Waals surface area contributed by atoms with Crippen LogP contribution >= 0.6 is 0 Å². The van der Waals surface area contributed by atoms with Gasteiger partial charge in [-0.3, -0.25) is 0 Å². The molecule has 0 bridgehead atoms. The average Bonchev–Trinajstić information content (AvgIpc) is 2.28. The zero-order valence-electron chi connectivity index (χ0n) is 8.69. The van der Waals surface area contributed by atoms with E-state index >= 15 is 0 Å². The van der Waals surface area contributed by atoms with Crippen LogP contribution in [0.4, 0.5) is 11.8 Å². The first kappa shape index (κ1) is 9.96. The number of aromatic nitrogens is 2. The number of nitrogen functional groups attached to an aromatic ring is 1. The molecule has 0 aromatic carbocycles. The Labute approximate surface area is 89.6 Å². The van der Waals surface area contributed by atoms with Crippen LogP contribution in [-0.4, -0.2) is 16.5 Å². The topological polar surface area (TPSA) is 63.8 Å². The van der Waals surface area contributed by atoms with E-state index in [4.69, 9.17) is 5.73 Å². The molecular weight excluding hydrogens is 188 g/mol. The highest BCUT2D eigenvalue weighted by molar-refractivity contribution is 5.34. The summed E-state index contributed by atoms with van der Waals surface area (Å²) >= 11 is 0. The molecule has 0 saturated heterocycles. The predicted octanol–water partition coefficient (Wildman–Crippen LogP) is 1.83. The third kappa shape index (κ3) is 2.94. The normalized spacial score (nSPS) is 20.1. The van der Waals surface area contributed by atoms with Gasteiger partial charge in [0, 0.05) is 12.7 Å². The van der Waals surface area contributed by atoms with E-state index < -0.39 is 0 Å². The number of anilines is 2. The van der Waals surface area contributed by atoms with Crippen LogP contribution in [0.1, 0.15) is 19.3 Å². The summed E-state index contributed by atoms with van der Waals surface area (Å²) in [5.74, 6) is 1.83. The van der Waals surface area contributed by atoms with Crippen LogP contribution in [0.2, 0.25) is 0 Å². The molecule has 0 aliphatic heterocycles. The van der Waals surface area contributed by atoms with Crippen molar-refractivity contribution < 1.29 is 0 Å². The van der Waals surface area contributed by atoms with Crippen molar-refractivity contribution in [3.05, 3.63) is 24.4 Å². The Kier molecular flexibility index (Phi) is 3.17. The van der Waals surface area contributed by atoms with Gasteiger partial charge in [0.25, 0.3) is 0 Å². The standard InChI is InChI=1S/C11H16N4/c12-10-6-7-13-11(15-10)14-8-9-4-2-1-3-5-9/h1-2,6-7,9H,3-5,8H2,(H3,12,13,14,15). The van der Waals surface area contributed by atoms with Gasteiger partial charge in [0.1, 0.15) is 5.82 Å². The highest BCUT2D eigenvalue weighted by atomic mass is 15.1. The minimum absolute atomic E-state index is 0.510. The molecule has 2 rings (SSSR count). The number of nitrogens with zero attached hydrogens (tertiary/aromatic N) is 2. The highest BCUT2D eigenvalue weighted by Gasteiger charge is 2.09. The van der Waals surface area contributed by atoms with Crippen LogP contribution in [0.3, 0.4) is 0 Å². The molecule has 1 unspecified atom stereocenters. The molecule has 3 N–H and O–H groups in total. The van der Waals surface area contributed by atoms with Crippen molar-refractivity contribution in [2.24, 2.45) is 5.92 Å². The van der Waals surface area contributed by atoms with E-state index in [9.17, 15) is 0 Å². The maximum Gasteiger partial charge on any atom is 0.224 e. The second kappa shape index (κ2) is 4.77. The van der Waals surface area contributed by atoms with Gasteiger partial charge < -0.3 is 11.1 Å². The molecule has 1 aromatic rings. The number of allylic oxidation sites excluding steroid dienone is 2. The van der Waals surface area contributed by atoms with Crippen LogP contribution < -0.4 is 11.1 Å². The molecule has 15 heavy (non-hydrogen) atoms. The Morgan fingerprint density at radius 1 is 1.47 bits per heavy atom. The van der Waals surface area contributed by atoms with Crippen LogP contribution in [-0.2, 0) is 0 Å². The van der Waals surface area contributed by atoms with Crippen molar-refractivity contribution >= 4 is 11.8 Å². The molecule has 4 nitrogen and oxygen atoms in total. The van der Waals surface area contributed by atoms with Gasteiger partial charge in [-0.1, -0.05) is 12.2 Å². The summed E-state index contributed by atoms with van der Waals surface area (Å²) in [5.41, 5.74) is 5.57. The fraction of sp³-hybridized carbons (Fsp3) is 0.455. The Morgan fingerprint density at radius 3 is 3.13 bits per heavy atom. The van der Waals surface area contributed by atoms with Crippen molar-refractivity contribution in [3.63, 3.8) is 0 Å². The van der Waals surface area contributed by atoms with Crippen molar-refractivity contribution in [1.29, 1.82) is 0 Å². The summed E-state index contributed by atoms with van der Waals surface area (Å²) < 4.78 is 0. The number of hydrogen-bond donors (Lipinski definition) is 2. The van der Waals surface area contributed by atoms with Crippen molar-refractivity contribution in [2.45, 2.75) is 19.3 Å². The fourth-order valence-electron chi connectivity index (χ4n) is 1.74. The molecule has 80 valence electrons. The second-order valence-corrected chi connectivity index (χ2v) is 3.84. The first-order valence-corrected chi connectivity index (χ1v) is 5.32. The molecule has 0 fully saturated rings.